The summed E-state index contributed by atoms with van der Waals surface area (Å²) in [5.74, 6) is 0.658. The summed E-state index contributed by atoms with van der Waals surface area (Å²) >= 11 is 0. The van der Waals surface area contributed by atoms with E-state index in [0.29, 0.717) is 11.7 Å². The second kappa shape index (κ2) is 9.45. The smallest absolute Gasteiger partial charge is 0.257 e. The van der Waals surface area contributed by atoms with E-state index in [9.17, 15) is 9.18 Å². The number of rotatable bonds is 8. The standard InChI is InChI=1S/C20H25FN4O2/c1-22-19(26)13-27-18-8-2-14(3-9-18)10-23-11-16-12-24-25-20(16)15-4-6-17(21)7-5-15/h2-9,16,20,23-25H,10-13H2,1H3,(H,22,26). The van der Waals surface area contributed by atoms with Crippen LogP contribution in [0.5, 0.6) is 5.75 Å². The first-order chi connectivity index (χ1) is 13.2. The molecule has 0 bridgehead atoms. The van der Waals surface area contributed by atoms with Crippen molar-refractivity contribution in [1.82, 2.24) is 21.5 Å². The third-order valence-corrected chi connectivity index (χ3v) is 4.63. The molecule has 2 unspecified atom stereocenters. The number of carbonyl (C=O) groups excluding carboxylic acids is 1. The Morgan fingerprint density at radius 1 is 1.19 bits per heavy atom. The van der Waals surface area contributed by atoms with Gasteiger partial charge in [-0.15, -0.1) is 0 Å². The average molecular weight is 372 g/mol. The minimum atomic E-state index is -0.220. The van der Waals surface area contributed by atoms with Crippen molar-refractivity contribution in [2.75, 3.05) is 26.7 Å². The van der Waals surface area contributed by atoms with Crippen LogP contribution in [0.4, 0.5) is 4.39 Å². The second-order valence-electron chi connectivity index (χ2n) is 6.55. The topological polar surface area (TPSA) is 74.4 Å². The fraction of sp³-hybridized carbons (Fsp3) is 0.350. The Balaban J connectivity index is 1.46. The maximum absolute atomic E-state index is 13.1. The maximum Gasteiger partial charge on any atom is 0.257 e. The van der Waals surface area contributed by atoms with Gasteiger partial charge in [-0.25, -0.2) is 9.82 Å². The van der Waals surface area contributed by atoms with E-state index >= 15 is 0 Å². The Kier molecular flexibility index (Phi) is 6.75. The molecule has 27 heavy (non-hydrogen) atoms. The van der Waals surface area contributed by atoms with Crippen molar-refractivity contribution in [3.63, 3.8) is 0 Å². The van der Waals surface area contributed by atoms with Crippen molar-refractivity contribution in [3.8, 4) is 5.75 Å². The molecule has 1 heterocycles. The first-order valence-corrected chi connectivity index (χ1v) is 9.02. The monoisotopic (exact) mass is 372 g/mol. The number of halogens is 1. The van der Waals surface area contributed by atoms with Gasteiger partial charge in [0.15, 0.2) is 6.61 Å². The minimum absolute atomic E-state index is 0.0144. The van der Waals surface area contributed by atoms with Gasteiger partial charge in [0.1, 0.15) is 11.6 Å². The Morgan fingerprint density at radius 2 is 1.93 bits per heavy atom. The Labute approximate surface area is 158 Å². The molecular weight excluding hydrogens is 347 g/mol. The molecule has 2 aromatic rings. The lowest BCUT2D eigenvalue weighted by atomic mass is 9.95. The highest BCUT2D eigenvalue weighted by Gasteiger charge is 2.27. The summed E-state index contributed by atoms with van der Waals surface area (Å²) in [5.41, 5.74) is 8.66. The predicted octanol–water partition coefficient (Wildman–Crippen LogP) is 1.51. The van der Waals surface area contributed by atoms with Crippen molar-refractivity contribution in [1.29, 1.82) is 0 Å². The molecule has 144 valence electrons. The number of nitrogens with one attached hydrogen (secondary N) is 4. The van der Waals surface area contributed by atoms with E-state index in [1.807, 2.05) is 36.4 Å². The van der Waals surface area contributed by atoms with Gasteiger partial charge in [0, 0.05) is 32.6 Å². The van der Waals surface area contributed by atoms with E-state index in [1.165, 1.54) is 12.1 Å². The van der Waals surface area contributed by atoms with Gasteiger partial charge < -0.3 is 15.4 Å². The molecular formula is C20H25FN4O2. The molecule has 0 aliphatic carbocycles. The fourth-order valence-corrected chi connectivity index (χ4v) is 3.08. The number of likely N-dealkylation sites (N-methyl/N-ethyl adjacent to an activating group) is 1. The lowest BCUT2D eigenvalue weighted by molar-refractivity contribution is -0.122. The zero-order chi connectivity index (χ0) is 19.1. The molecule has 1 aliphatic rings. The number of carbonyl (C=O) groups is 1. The Morgan fingerprint density at radius 3 is 2.63 bits per heavy atom. The molecule has 0 saturated carbocycles. The van der Waals surface area contributed by atoms with Crippen LogP contribution in [0.25, 0.3) is 0 Å². The molecule has 1 saturated heterocycles. The average Bonchev–Trinajstić information content (AvgIpc) is 3.16. The molecule has 1 aliphatic heterocycles. The normalized spacial score (nSPS) is 19.0. The number of amides is 1. The molecule has 1 amide bonds. The van der Waals surface area contributed by atoms with Crippen LogP contribution in [0, 0.1) is 11.7 Å². The zero-order valence-electron chi connectivity index (χ0n) is 15.3. The van der Waals surface area contributed by atoms with E-state index in [4.69, 9.17) is 4.74 Å². The van der Waals surface area contributed by atoms with Crippen molar-refractivity contribution >= 4 is 5.91 Å². The van der Waals surface area contributed by atoms with Crippen LogP contribution in [-0.4, -0.2) is 32.7 Å². The van der Waals surface area contributed by atoms with Crippen molar-refractivity contribution in [2.45, 2.75) is 12.6 Å². The van der Waals surface area contributed by atoms with Gasteiger partial charge >= 0.3 is 0 Å². The Bertz CT molecular complexity index is 737. The number of benzene rings is 2. The summed E-state index contributed by atoms with van der Waals surface area (Å²) in [7, 11) is 1.58. The van der Waals surface area contributed by atoms with E-state index in [2.05, 4.69) is 21.5 Å². The second-order valence-corrected chi connectivity index (χ2v) is 6.55. The van der Waals surface area contributed by atoms with Crippen molar-refractivity contribution < 1.29 is 13.9 Å². The molecule has 0 radical (unpaired) electrons. The van der Waals surface area contributed by atoms with Crippen LogP contribution >= 0.6 is 0 Å². The molecule has 2 aromatic carbocycles. The third-order valence-electron chi connectivity index (χ3n) is 4.63. The molecule has 3 rings (SSSR count). The quantitative estimate of drug-likeness (QED) is 0.565. The molecule has 7 heteroatoms. The first kappa shape index (κ1) is 19.3. The number of hydrogen-bond acceptors (Lipinski definition) is 5. The highest BCUT2D eigenvalue weighted by Crippen LogP contribution is 2.24. The van der Waals surface area contributed by atoms with Gasteiger partial charge in [0.25, 0.3) is 5.91 Å². The molecule has 4 N–H and O–H groups in total. The number of hydrazine groups is 1. The van der Waals surface area contributed by atoms with Gasteiger partial charge in [0.05, 0.1) is 6.04 Å². The fourth-order valence-electron chi connectivity index (χ4n) is 3.08. The van der Waals surface area contributed by atoms with E-state index in [1.54, 1.807) is 7.05 Å². The van der Waals surface area contributed by atoms with Crippen LogP contribution in [0.3, 0.4) is 0 Å². The predicted molar refractivity (Wildman–Crippen MR) is 101 cm³/mol. The molecule has 0 spiro atoms. The highest BCUT2D eigenvalue weighted by molar-refractivity contribution is 5.77. The zero-order valence-corrected chi connectivity index (χ0v) is 15.3. The summed E-state index contributed by atoms with van der Waals surface area (Å²) in [6.45, 7) is 2.43. The summed E-state index contributed by atoms with van der Waals surface area (Å²) in [6.07, 6.45) is 0. The molecule has 6 nitrogen and oxygen atoms in total. The van der Waals surface area contributed by atoms with Crippen LogP contribution < -0.4 is 26.2 Å². The van der Waals surface area contributed by atoms with Gasteiger partial charge in [-0.05, 0) is 35.4 Å². The summed E-state index contributed by atoms with van der Waals surface area (Å²) in [4.78, 5) is 11.2. The van der Waals surface area contributed by atoms with E-state index in [-0.39, 0.29) is 24.4 Å². The highest BCUT2D eigenvalue weighted by atomic mass is 19.1. The van der Waals surface area contributed by atoms with Crippen LogP contribution in [0.15, 0.2) is 48.5 Å². The maximum atomic E-state index is 13.1. The lowest BCUT2D eigenvalue weighted by Crippen LogP contribution is -2.28. The van der Waals surface area contributed by atoms with Crippen LogP contribution in [-0.2, 0) is 11.3 Å². The molecule has 1 fully saturated rings. The largest absolute Gasteiger partial charge is 0.484 e. The van der Waals surface area contributed by atoms with Gasteiger partial charge in [0.2, 0.25) is 0 Å². The lowest BCUT2D eigenvalue weighted by Gasteiger charge is -2.19. The summed E-state index contributed by atoms with van der Waals surface area (Å²) in [6, 6.07) is 14.5. The molecule has 0 aromatic heterocycles. The van der Waals surface area contributed by atoms with Gasteiger partial charge in [-0.1, -0.05) is 24.3 Å². The van der Waals surface area contributed by atoms with Crippen molar-refractivity contribution in [3.05, 3.63) is 65.5 Å². The number of hydrogen-bond donors (Lipinski definition) is 4. The van der Waals surface area contributed by atoms with Crippen LogP contribution in [0.2, 0.25) is 0 Å². The van der Waals surface area contributed by atoms with E-state index in [0.717, 1.165) is 30.8 Å². The minimum Gasteiger partial charge on any atom is -0.484 e. The first-order valence-electron chi connectivity index (χ1n) is 9.02. The van der Waals surface area contributed by atoms with Gasteiger partial charge in [-0.2, -0.15) is 0 Å². The summed E-state index contributed by atoms with van der Waals surface area (Å²) in [5, 5.41) is 5.99. The van der Waals surface area contributed by atoms with Crippen LogP contribution in [0.1, 0.15) is 17.2 Å². The van der Waals surface area contributed by atoms with E-state index < -0.39 is 0 Å². The third kappa shape index (κ3) is 5.50. The SMILES string of the molecule is CNC(=O)COc1ccc(CNCC2CNNC2c2ccc(F)cc2)cc1. The van der Waals surface area contributed by atoms with Gasteiger partial charge in [-0.3, -0.25) is 10.2 Å². The summed E-state index contributed by atoms with van der Waals surface area (Å²) < 4.78 is 18.5. The van der Waals surface area contributed by atoms with Crippen molar-refractivity contribution in [2.24, 2.45) is 5.92 Å². The number of ether oxygens (including phenoxy) is 1. The Hall–Kier alpha value is -2.48. The molecule has 2 atom stereocenters.